The minimum absolute atomic E-state index is 0.171. The lowest BCUT2D eigenvalue weighted by Crippen LogP contribution is -2.32. The van der Waals surface area contributed by atoms with Gasteiger partial charge in [-0.1, -0.05) is 23.8 Å². The Morgan fingerprint density at radius 1 is 1.65 bits per heavy atom. The maximum Gasteiger partial charge on any atom is 0.257 e. The molecule has 0 radical (unpaired) electrons. The molecule has 0 aliphatic carbocycles. The maximum atomic E-state index is 12.2. The third kappa shape index (κ3) is 3.46. The largest absolute Gasteiger partial charge is 0.397 e. The summed E-state index contributed by atoms with van der Waals surface area (Å²) in [7, 11) is 0. The van der Waals surface area contributed by atoms with E-state index in [1.165, 1.54) is 6.20 Å². The third-order valence-corrected chi connectivity index (χ3v) is 2.52. The topological polar surface area (TPSA) is 59.2 Å². The molecule has 0 atom stereocenters. The van der Waals surface area contributed by atoms with Crippen molar-refractivity contribution >= 4 is 23.2 Å². The molecule has 0 saturated heterocycles. The summed E-state index contributed by atoms with van der Waals surface area (Å²) in [6.45, 7) is 8.64. The molecule has 1 rings (SSSR count). The first-order chi connectivity index (χ1) is 7.95. The van der Waals surface area contributed by atoms with E-state index in [9.17, 15) is 4.79 Å². The van der Waals surface area contributed by atoms with Crippen LogP contribution >= 0.6 is 11.6 Å². The van der Waals surface area contributed by atoms with Crippen molar-refractivity contribution in [1.29, 1.82) is 0 Å². The first-order valence-corrected chi connectivity index (χ1v) is 5.68. The highest BCUT2D eigenvalue weighted by atomic mass is 35.5. The molecule has 0 aromatic carbocycles. The third-order valence-electron chi connectivity index (χ3n) is 2.22. The van der Waals surface area contributed by atoms with Gasteiger partial charge in [0.15, 0.2) is 0 Å². The number of amides is 1. The van der Waals surface area contributed by atoms with E-state index < -0.39 is 0 Å². The Balaban J connectivity index is 3.01. The highest BCUT2D eigenvalue weighted by Crippen LogP contribution is 2.18. The van der Waals surface area contributed by atoms with Crippen LogP contribution in [0.15, 0.2) is 24.4 Å². The van der Waals surface area contributed by atoms with Crippen molar-refractivity contribution in [1.82, 2.24) is 9.88 Å². The van der Waals surface area contributed by atoms with Gasteiger partial charge in [0.25, 0.3) is 5.91 Å². The van der Waals surface area contributed by atoms with Gasteiger partial charge in [-0.2, -0.15) is 0 Å². The summed E-state index contributed by atoms with van der Waals surface area (Å²) in [6.07, 6.45) is 1.42. The monoisotopic (exact) mass is 253 g/mol. The van der Waals surface area contributed by atoms with E-state index in [1.807, 2.05) is 13.8 Å². The van der Waals surface area contributed by atoms with Gasteiger partial charge < -0.3 is 10.6 Å². The van der Waals surface area contributed by atoms with Crippen LogP contribution in [0.4, 0.5) is 5.69 Å². The summed E-state index contributed by atoms with van der Waals surface area (Å²) in [6, 6.07) is 1.54. The Hall–Kier alpha value is -1.55. The molecule has 0 saturated carbocycles. The average Bonchev–Trinajstić information content (AvgIpc) is 2.28. The minimum atomic E-state index is -0.180. The molecule has 0 fully saturated rings. The summed E-state index contributed by atoms with van der Waals surface area (Å²) in [4.78, 5) is 17.7. The second-order valence-corrected chi connectivity index (χ2v) is 4.24. The second-order valence-electron chi connectivity index (χ2n) is 3.88. The van der Waals surface area contributed by atoms with Gasteiger partial charge in [-0.05, 0) is 19.9 Å². The van der Waals surface area contributed by atoms with Crippen LogP contribution in [-0.2, 0) is 0 Å². The Morgan fingerprint density at radius 2 is 2.29 bits per heavy atom. The fraction of sp³-hybridized carbons (Fsp3) is 0.333. The quantitative estimate of drug-likeness (QED) is 0.662. The van der Waals surface area contributed by atoms with E-state index in [4.69, 9.17) is 17.3 Å². The highest BCUT2D eigenvalue weighted by molar-refractivity contribution is 6.32. The van der Waals surface area contributed by atoms with E-state index in [0.717, 1.165) is 5.57 Å². The fourth-order valence-corrected chi connectivity index (χ4v) is 1.62. The molecule has 0 bridgehead atoms. The van der Waals surface area contributed by atoms with Gasteiger partial charge >= 0.3 is 0 Å². The summed E-state index contributed by atoms with van der Waals surface area (Å²) in [5.74, 6) is -0.180. The van der Waals surface area contributed by atoms with Gasteiger partial charge in [0, 0.05) is 13.1 Å². The molecule has 0 aliphatic heterocycles. The zero-order valence-corrected chi connectivity index (χ0v) is 10.8. The molecule has 92 valence electrons. The van der Waals surface area contributed by atoms with E-state index in [-0.39, 0.29) is 11.1 Å². The zero-order valence-electron chi connectivity index (χ0n) is 10.0. The Kier molecular flexibility index (Phi) is 4.52. The number of nitrogens with two attached hydrogens (primary N) is 1. The first-order valence-electron chi connectivity index (χ1n) is 5.30. The second kappa shape index (κ2) is 5.68. The summed E-state index contributed by atoms with van der Waals surface area (Å²) >= 11 is 5.89. The number of nitrogen functional groups attached to an aromatic ring is 1. The highest BCUT2D eigenvalue weighted by Gasteiger charge is 2.18. The predicted molar refractivity (Wildman–Crippen MR) is 70.1 cm³/mol. The molecule has 0 unspecified atom stereocenters. The lowest BCUT2D eigenvalue weighted by molar-refractivity contribution is 0.0778. The van der Waals surface area contributed by atoms with Crippen LogP contribution in [0.1, 0.15) is 24.2 Å². The number of carbonyl (C=O) groups excluding carboxylic acids is 1. The van der Waals surface area contributed by atoms with E-state index in [2.05, 4.69) is 11.6 Å². The molecule has 0 spiro atoms. The molecule has 17 heavy (non-hydrogen) atoms. The molecule has 1 amide bonds. The van der Waals surface area contributed by atoms with Gasteiger partial charge in [0.1, 0.15) is 5.15 Å². The molecule has 0 aliphatic rings. The van der Waals surface area contributed by atoms with Crippen LogP contribution in [0, 0.1) is 0 Å². The number of aromatic nitrogens is 1. The van der Waals surface area contributed by atoms with Crippen LogP contribution in [0.5, 0.6) is 0 Å². The molecule has 2 N–H and O–H groups in total. The van der Waals surface area contributed by atoms with Crippen LogP contribution in [0.25, 0.3) is 0 Å². The summed E-state index contributed by atoms with van der Waals surface area (Å²) < 4.78 is 0. The predicted octanol–water partition coefficient (Wildman–Crippen LogP) is 2.36. The maximum absolute atomic E-state index is 12.2. The van der Waals surface area contributed by atoms with Crippen LogP contribution < -0.4 is 5.73 Å². The van der Waals surface area contributed by atoms with Crippen molar-refractivity contribution in [2.24, 2.45) is 0 Å². The fourth-order valence-electron chi connectivity index (χ4n) is 1.44. The molecular formula is C12H16ClN3O. The van der Waals surface area contributed by atoms with Crippen molar-refractivity contribution in [3.05, 3.63) is 35.1 Å². The van der Waals surface area contributed by atoms with Crippen molar-refractivity contribution in [3.63, 3.8) is 0 Å². The summed E-state index contributed by atoms with van der Waals surface area (Å²) in [5.41, 5.74) is 7.26. The zero-order chi connectivity index (χ0) is 13.0. The number of pyridine rings is 1. The molecule has 1 heterocycles. The SMILES string of the molecule is C=C(C)CN(CC)C(=O)c1cc(N)cnc1Cl. The molecule has 5 heteroatoms. The number of halogens is 1. The van der Waals surface area contributed by atoms with Crippen LogP contribution in [0.3, 0.4) is 0 Å². The van der Waals surface area contributed by atoms with Gasteiger partial charge in [0.05, 0.1) is 17.4 Å². The van der Waals surface area contributed by atoms with Gasteiger partial charge in [-0.25, -0.2) is 4.98 Å². The Labute approximate surface area is 106 Å². The number of nitrogens with zero attached hydrogens (tertiary/aromatic N) is 2. The molecular weight excluding hydrogens is 238 g/mol. The normalized spacial score (nSPS) is 10.1. The van der Waals surface area contributed by atoms with Gasteiger partial charge in [0.2, 0.25) is 0 Å². The lowest BCUT2D eigenvalue weighted by Gasteiger charge is -2.21. The molecule has 1 aromatic rings. The van der Waals surface area contributed by atoms with Crippen molar-refractivity contribution < 1.29 is 4.79 Å². The van der Waals surface area contributed by atoms with Crippen molar-refractivity contribution in [2.75, 3.05) is 18.8 Å². The van der Waals surface area contributed by atoms with Crippen LogP contribution in [-0.4, -0.2) is 28.9 Å². The van der Waals surface area contributed by atoms with Gasteiger partial charge in [-0.3, -0.25) is 4.79 Å². The Bertz CT molecular complexity index is 445. The van der Waals surface area contributed by atoms with Crippen LogP contribution in [0.2, 0.25) is 5.15 Å². The number of likely N-dealkylation sites (N-methyl/N-ethyl adjacent to an activating group) is 1. The van der Waals surface area contributed by atoms with Crippen molar-refractivity contribution in [3.8, 4) is 0 Å². The first kappa shape index (κ1) is 13.5. The molecule has 4 nitrogen and oxygen atoms in total. The van der Waals surface area contributed by atoms with E-state index in [1.54, 1.807) is 11.0 Å². The number of carbonyl (C=O) groups is 1. The number of hydrogen-bond donors (Lipinski definition) is 1. The van der Waals surface area contributed by atoms with Crippen molar-refractivity contribution in [2.45, 2.75) is 13.8 Å². The number of anilines is 1. The van der Waals surface area contributed by atoms with E-state index in [0.29, 0.717) is 24.3 Å². The number of hydrogen-bond acceptors (Lipinski definition) is 3. The average molecular weight is 254 g/mol. The Morgan fingerprint density at radius 3 is 2.82 bits per heavy atom. The number of rotatable bonds is 4. The summed E-state index contributed by atoms with van der Waals surface area (Å²) in [5, 5.41) is 0.171. The smallest absolute Gasteiger partial charge is 0.257 e. The lowest BCUT2D eigenvalue weighted by atomic mass is 10.2. The minimum Gasteiger partial charge on any atom is -0.397 e. The van der Waals surface area contributed by atoms with E-state index >= 15 is 0 Å². The molecule has 1 aromatic heterocycles. The standard InChI is InChI=1S/C12H16ClN3O/c1-4-16(7-8(2)3)12(17)10-5-9(14)6-15-11(10)13/h5-6H,2,4,7,14H2,1,3H3. The van der Waals surface area contributed by atoms with Gasteiger partial charge in [-0.15, -0.1) is 0 Å².